The van der Waals surface area contributed by atoms with Gasteiger partial charge in [0.05, 0.1) is 12.7 Å². The van der Waals surface area contributed by atoms with E-state index in [4.69, 9.17) is 4.74 Å². The van der Waals surface area contributed by atoms with Crippen molar-refractivity contribution in [2.45, 2.75) is 0 Å². The molecule has 0 amide bonds. The van der Waals surface area contributed by atoms with E-state index in [1.54, 1.807) is 31.4 Å². The second-order valence-corrected chi connectivity index (χ2v) is 4.10. The zero-order valence-electron chi connectivity index (χ0n) is 11.0. The maximum absolute atomic E-state index is 11.3. The summed E-state index contributed by atoms with van der Waals surface area (Å²) >= 11 is 0. The lowest BCUT2D eigenvalue weighted by Crippen LogP contribution is -2.02. The molecule has 4 nitrogen and oxygen atoms in total. The van der Waals surface area contributed by atoms with Gasteiger partial charge in [-0.2, -0.15) is 0 Å². The Morgan fingerprint density at radius 3 is 2.30 bits per heavy atom. The molecule has 0 atom stereocenters. The quantitative estimate of drug-likeness (QED) is 0.818. The Morgan fingerprint density at radius 2 is 1.75 bits per heavy atom. The number of carboxylic acid groups (broad SMARTS) is 1. The topological polar surface area (TPSA) is 58.6 Å². The van der Waals surface area contributed by atoms with E-state index in [1.165, 1.54) is 6.20 Å². The molecule has 0 heterocycles. The van der Waals surface area contributed by atoms with Gasteiger partial charge in [-0.1, -0.05) is 30.3 Å². The van der Waals surface area contributed by atoms with Crippen LogP contribution in [0.5, 0.6) is 5.75 Å². The number of para-hydroxylation sites is 1. The Bertz CT molecular complexity index is 603. The molecule has 0 fully saturated rings. The van der Waals surface area contributed by atoms with Crippen molar-refractivity contribution in [2.75, 3.05) is 12.4 Å². The summed E-state index contributed by atoms with van der Waals surface area (Å²) in [5, 5.41) is 12.3. The molecule has 2 N–H and O–H groups in total. The molecule has 0 aliphatic carbocycles. The first kappa shape index (κ1) is 13.7. The molecule has 0 aliphatic heterocycles. The predicted molar refractivity (Wildman–Crippen MR) is 78.7 cm³/mol. The van der Waals surface area contributed by atoms with Crippen molar-refractivity contribution < 1.29 is 14.6 Å². The second-order valence-electron chi connectivity index (χ2n) is 4.10. The maximum Gasteiger partial charge on any atom is 0.337 e. The Morgan fingerprint density at radius 1 is 1.10 bits per heavy atom. The minimum atomic E-state index is -0.987. The van der Waals surface area contributed by atoms with Gasteiger partial charge in [-0.15, -0.1) is 0 Å². The number of ether oxygens (including phenoxy) is 1. The fraction of sp³-hybridized carbons (Fsp3) is 0.0625. The van der Waals surface area contributed by atoms with Crippen LogP contribution < -0.4 is 10.1 Å². The van der Waals surface area contributed by atoms with Gasteiger partial charge in [-0.05, 0) is 29.8 Å². The molecule has 0 saturated heterocycles. The molecule has 4 heteroatoms. The summed E-state index contributed by atoms with van der Waals surface area (Å²) in [5.41, 5.74) is 1.64. The lowest BCUT2D eigenvalue weighted by molar-refractivity contribution is -0.130. The van der Waals surface area contributed by atoms with E-state index in [-0.39, 0.29) is 5.57 Å². The van der Waals surface area contributed by atoms with Crippen LogP contribution >= 0.6 is 0 Å². The highest BCUT2D eigenvalue weighted by atomic mass is 16.5. The van der Waals surface area contributed by atoms with Gasteiger partial charge < -0.3 is 15.2 Å². The zero-order chi connectivity index (χ0) is 14.4. The predicted octanol–water partition coefficient (Wildman–Crippen LogP) is 3.23. The summed E-state index contributed by atoms with van der Waals surface area (Å²) in [5.74, 6) is -0.298. The molecule has 0 aliphatic rings. The number of rotatable bonds is 5. The van der Waals surface area contributed by atoms with E-state index in [0.29, 0.717) is 11.3 Å². The van der Waals surface area contributed by atoms with E-state index in [1.807, 2.05) is 30.3 Å². The van der Waals surface area contributed by atoms with E-state index < -0.39 is 5.97 Å². The monoisotopic (exact) mass is 269 g/mol. The highest BCUT2D eigenvalue weighted by molar-refractivity contribution is 6.15. The fourth-order valence-electron chi connectivity index (χ4n) is 1.73. The number of benzene rings is 2. The Kier molecular flexibility index (Phi) is 4.39. The number of carbonyl (C=O) groups is 1. The largest absolute Gasteiger partial charge is 0.497 e. The number of hydrogen-bond donors (Lipinski definition) is 2. The van der Waals surface area contributed by atoms with Gasteiger partial charge >= 0.3 is 5.97 Å². The molecule has 2 aromatic carbocycles. The lowest BCUT2D eigenvalue weighted by atomic mass is 10.1. The number of methoxy groups -OCH3 is 1. The summed E-state index contributed by atoms with van der Waals surface area (Å²) in [6.07, 6.45) is 1.49. The van der Waals surface area contributed by atoms with Crippen LogP contribution in [0.1, 0.15) is 5.56 Å². The van der Waals surface area contributed by atoms with Crippen LogP contribution in [0.15, 0.2) is 60.8 Å². The van der Waals surface area contributed by atoms with Gasteiger partial charge in [0.15, 0.2) is 0 Å². The summed E-state index contributed by atoms with van der Waals surface area (Å²) < 4.78 is 5.06. The molecule has 0 spiro atoms. The summed E-state index contributed by atoms with van der Waals surface area (Å²) in [6.45, 7) is 0. The van der Waals surface area contributed by atoms with E-state index in [2.05, 4.69) is 5.32 Å². The third kappa shape index (κ3) is 3.38. The van der Waals surface area contributed by atoms with Crippen LogP contribution in [0.2, 0.25) is 0 Å². The molecule has 0 bridgehead atoms. The standard InChI is InChI=1S/C16H15NO3/c1-20-14-9-7-12(8-10-14)15(16(18)19)11-17-13-5-3-2-4-6-13/h2-11,17H,1H3,(H,18,19)/b15-11-. The SMILES string of the molecule is COc1ccc(/C(=C/Nc2ccccc2)C(=O)O)cc1. The minimum absolute atomic E-state index is 0.191. The molecule has 102 valence electrons. The van der Waals surface area contributed by atoms with Crippen LogP contribution in [0.25, 0.3) is 5.57 Å². The molecule has 20 heavy (non-hydrogen) atoms. The van der Waals surface area contributed by atoms with Gasteiger partial charge in [-0.25, -0.2) is 4.79 Å². The van der Waals surface area contributed by atoms with Gasteiger partial charge in [-0.3, -0.25) is 0 Å². The molecule has 0 aromatic heterocycles. The van der Waals surface area contributed by atoms with Crippen LogP contribution in [0, 0.1) is 0 Å². The van der Waals surface area contributed by atoms with Crippen molar-refractivity contribution in [3.63, 3.8) is 0 Å². The van der Waals surface area contributed by atoms with E-state index in [9.17, 15) is 9.90 Å². The lowest BCUT2D eigenvalue weighted by Gasteiger charge is -2.06. The van der Waals surface area contributed by atoms with Crippen LogP contribution in [0.4, 0.5) is 5.69 Å². The number of hydrogen-bond acceptors (Lipinski definition) is 3. The average molecular weight is 269 g/mol. The summed E-state index contributed by atoms with van der Waals surface area (Å²) in [6, 6.07) is 16.3. The first-order valence-corrected chi connectivity index (χ1v) is 6.10. The summed E-state index contributed by atoms with van der Waals surface area (Å²) in [4.78, 5) is 11.3. The van der Waals surface area contributed by atoms with Crippen molar-refractivity contribution in [3.05, 3.63) is 66.4 Å². The van der Waals surface area contributed by atoms with Gasteiger partial charge in [0.25, 0.3) is 0 Å². The summed E-state index contributed by atoms with van der Waals surface area (Å²) in [7, 11) is 1.57. The van der Waals surface area contributed by atoms with Crippen molar-refractivity contribution in [2.24, 2.45) is 0 Å². The molecular weight excluding hydrogens is 254 g/mol. The van der Waals surface area contributed by atoms with Crippen molar-refractivity contribution in [1.29, 1.82) is 0 Å². The Labute approximate surface area is 117 Å². The van der Waals surface area contributed by atoms with Crippen LogP contribution in [0.3, 0.4) is 0 Å². The number of aliphatic carboxylic acids is 1. The smallest absolute Gasteiger partial charge is 0.337 e. The average Bonchev–Trinajstić information content (AvgIpc) is 2.49. The fourth-order valence-corrected chi connectivity index (χ4v) is 1.73. The molecule has 0 unspecified atom stereocenters. The second kappa shape index (κ2) is 6.43. The third-order valence-corrected chi connectivity index (χ3v) is 2.79. The number of carboxylic acids is 1. The zero-order valence-corrected chi connectivity index (χ0v) is 11.0. The first-order chi connectivity index (χ1) is 9.70. The Balaban J connectivity index is 2.24. The van der Waals surface area contributed by atoms with E-state index in [0.717, 1.165) is 5.69 Å². The molecule has 0 radical (unpaired) electrons. The van der Waals surface area contributed by atoms with Crippen molar-refractivity contribution in [1.82, 2.24) is 0 Å². The van der Waals surface area contributed by atoms with Crippen molar-refractivity contribution in [3.8, 4) is 5.75 Å². The van der Waals surface area contributed by atoms with Gasteiger partial charge in [0, 0.05) is 11.9 Å². The molecule has 0 saturated carbocycles. The molecular formula is C16H15NO3. The van der Waals surface area contributed by atoms with Gasteiger partial charge in [0.1, 0.15) is 5.75 Å². The van der Waals surface area contributed by atoms with Crippen molar-refractivity contribution >= 4 is 17.2 Å². The number of nitrogens with one attached hydrogen (secondary N) is 1. The van der Waals surface area contributed by atoms with Gasteiger partial charge in [0.2, 0.25) is 0 Å². The number of anilines is 1. The first-order valence-electron chi connectivity index (χ1n) is 6.10. The Hall–Kier alpha value is -2.75. The molecule has 2 aromatic rings. The molecule has 2 rings (SSSR count). The highest BCUT2D eigenvalue weighted by Gasteiger charge is 2.10. The normalized spacial score (nSPS) is 10.9. The third-order valence-electron chi connectivity index (χ3n) is 2.79. The maximum atomic E-state index is 11.3. The van der Waals surface area contributed by atoms with Crippen LogP contribution in [-0.4, -0.2) is 18.2 Å². The van der Waals surface area contributed by atoms with Crippen LogP contribution in [-0.2, 0) is 4.79 Å². The van der Waals surface area contributed by atoms with E-state index >= 15 is 0 Å². The minimum Gasteiger partial charge on any atom is -0.497 e. The highest BCUT2D eigenvalue weighted by Crippen LogP contribution is 2.19.